The average Bonchev–Trinajstić information content (AvgIpc) is 2.06. The van der Waals surface area contributed by atoms with Crippen LogP contribution in [0.4, 0.5) is 13.2 Å². The Bertz CT molecular complexity index is 461. The molecule has 4 nitrogen and oxygen atoms in total. The SMILES string of the molecule is NS(=O)(=O)c1ccc(F)c(OC(F)F)c1. The second-order valence-electron chi connectivity index (χ2n) is 2.52. The van der Waals surface area contributed by atoms with E-state index in [1.165, 1.54) is 0 Å². The molecule has 0 aliphatic rings. The summed E-state index contributed by atoms with van der Waals surface area (Å²) in [5.74, 6) is -1.96. The Kier molecular flexibility index (Phi) is 3.20. The summed E-state index contributed by atoms with van der Waals surface area (Å²) in [4.78, 5) is -0.500. The maximum absolute atomic E-state index is 12.8. The number of benzene rings is 1. The second-order valence-corrected chi connectivity index (χ2v) is 4.08. The van der Waals surface area contributed by atoms with Gasteiger partial charge in [0.15, 0.2) is 11.6 Å². The van der Waals surface area contributed by atoms with E-state index in [-0.39, 0.29) is 0 Å². The van der Waals surface area contributed by atoms with Crippen molar-refractivity contribution in [2.45, 2.75) is 11.5 Å². The number of hydrogen-bond donors (Lipinski definition) is 1. The Balaban J connectivity index is 3.17. The van der Waals surface area contributed by atoms with Crippen LogP contribution >= 0.6 is 0 Å². The van der Waals surface area contributed by atoms with Crippen molar-refractivity contribution >= 4 is 10.0 Å². The van der Waals surface area contributed by atoms with Gasteiger partial charge < -0.3 is 4.74 Å². The van der Waals surface area contributed by atoms with E-state index in [4.69, 9.17) is 5.14 Å². The molecule has 1 aromatic carbocycles. The molecule has 8 heteroatoms. The van der Waals surface area contributed by atoms with Gasteiger partial charge >= 0.3 is 6.61 Å². The van der Waals surface area contributed by atoms with Gasteiger partial charge in [-0.25, -0.2) is 17.9 Å². The first kappa shape index (κ1) is 11.8. The molecule has 2 N–H and O–H groups in total. The number of alkyl halides is 2. The molecule has 0 spiro atoms. The van der Waals surface area contributed by atoms with Crippen LogP contribution in [0, 0.1) is 5.82 Å². The summed E-state index contributed by atoms with van der Waals surface area (Å²) in [6, 6.07) is 2.12. The van der Waals surface area contributed by atoms with Crippen molar-refractivity contribution in [3.8, 4) is 5.75 Å². The van der Waals surface area contributed by atoms with Crippen molar-refractivity contribution < 1.29 is 26.3 Å². The minimum Gasteiger partial charge on any atom is -0.432 e. The first-order chi connectivity index (χ1) is 6.80. The van der Waals surface area contributed by atoms with E-state index in [9.17, 15) is 21.6 Å². The zero-order chi connectivity index (χ0) is 11.6. The maximum atomic E-state index is 12.8. The van der Waals surface area contributed by atoms with Gasteiger partial charge in [0, 0.05) is 6.07 Å². The number of hydrogen-bond acceptors (Lipinski definition) is 3. The van der Waals surface area contributed by atoms with Crippen LogP contribution in [0.2, 0.25) is 0 Å². The molecule has 15 heavy (non-hydrogen) atoms. The lowest BCUT2D eigenvalue weighted by atomic mass is 10.3. The largest absolute Gasteiger partial charge is 0.432 e. The molecular weight excluding hydrogens is 235 g/mol. The van der Waals surface area contributed by atoms with Crippen LogP contribution in [0.3, 0.4) is 0 Å². The summed E-state index contributed by atoms with van der Waals surface area (Å²) in [6.45, 7) is -3.24. The van der Waals surface area contributed by atoms with Crippen molar-refractivity contribution in [2.24, 2.45) is 5.14 Å². The fourth-order valence-electron chi connectivity index (χ4n) is 0.847. The highest BCUT2D eigenvalue weighted by Gasteiger charge is 2.15. The standard InChI is InChI=1S/C7H6F3NO3S/c8-5-2-1-4(15(11,12)13)3-6(5)14-7(9)10/h1-3,7H,(H2,11,12,13). The van der Waals surface area contributed by atoms with Gasteiger partial charge in [-0.3, -0.25) is 0 Å². The molecule has 0 saturated carbocycles. The van der Waals surface area contributed by atoms with Crippen molar-refractivity contribution in [2.75, 3.05) is 0 Å². The molecule has 0 radical (unpaired) electrons. The first-order valence-electron chi connectivity index (χ1n) is 3.58. The molecule has 0 fully saturated rings. The average molecular weight is 241 g/mol. The van der Waals surface area contributed by atoms with Gasteiger partial charge in [0.25, 0.3) is 0 Å². The summed E-state index contributed by atoms with van der Waals surface area (Å²) < 4.78 is 61.7. The number of nitrogens with two attached hydrogens (primary N) is 1. The molecule has 0 aliphatic heterocycles. The summed E-state index contributed by atoms with van der Waals surface area (Å²) in [5.41, 5.74) is 0. The molecule has 1 aromatic rings. The summed E-state index contributed by atoms with van der Waals surface area (Å²) in [6.07, 6.45) is 0. The zero-order valence-corrected chi connectivity index (χ0v) is 7.97. The van der Waals surface area contributed by atoms with E-state index in [2.05, 4.69) is 4.74 Å². The van der Waals surface area contributed by atoms with Gasteiger partial charge in [0.2, 0.25) is 10.0 Å². The number of sulfonamides is 1. The molecule has 0 amide bonds. The zero-order valence-electron chi connectivity index (χ0n) is 7.15. The van der Waals surface area contributed by atoms with Gasteiger partial charge in [-0.05, 0) is 12.1 Å². The smallest absolute Gasteiger partial charge is 0.387 e. The Morgan fingerprint density at radius 1 is 1.33 bits per heavy atom. The first-order valence-corrected chi connectivity index (χ1v) is 5.12. The highest BCUT2D eigenvalue weighted by atomic mass is 32.2. The quantitative estimate of drug-likeness (QED) is 0.860. The third-order valence-corrected chi connectivity index (χ3v) is 2.36. The lowest BCUT2D eigenvalue weighted by molar-refractivity contribution is -0.0523. The third-order valence-electron chi connectivity index (χ3n) is 1.45. The van der Waals surface area contributed by atoms with Gasteiger partial charge in [-0.15, -0.1) is 0 Å². The van der Waals surface area contributed by atoms with Crippen LogP contribution in [0.5, 0.6) is 5.75 Å². The fourth-order valence-corrected chi connectivity index (χ4v) is 1.38. The fraction of sp³-hybridized carbons (Fsp3) is 0.143. The summed E-state index contributed by atoms with van der Waals surface area (Å²) >= 11 is 0. The maximum Gasteiger partial charge on any atom is 0.387 e. The van der Waals surface area contributed by atoms with Crippen molar-refractivity contribution in [1.29, 1.82) is 0 Å². The van der Waals surface area contributed by atoms with Crippen LogP contribution in [0.1, 0.15) is 0 Å². The monoisotopic (exact) mass is 241 g/mol. The molecule has 1 rings (SSSR count). The Morgan fingerprint density at radius 2 is 1.93 bits per heavy atom. The van der Waals surface area contributed by atoms with Crippen molar-refractivity contribution in [3.63, 3.8) is 0 Å². The van der Waals surface area contributed by atoms with Crippen molar-refractivity contribution in [3.05, 3.63) is 24.0 Å². The summed E-state index contributed by atoms with van der Waals surface area (Å²) in [7, 11) is -4.07. The topological polar surface area (TPSA) is 69.4 Å². The van der Waals surface area contributed by atoms with E-state index in [0.29, 0.717) is 12.1 Å². The molecule has 0 unspecified atom stereocenters. The van der Waals surface area contributed by atoms with E-state index >= 15 is 0 Å². The molecule has 0 aromatic heterocycles. The molecule has 0 aliphatic carbocycles. The van der Waals surface area contributed by atoms with Gasteiger partial charge in [0.05, 0.1) is 4.90 Å². The third kappa shape index (κ3) is 3.10. The highest BCUT2D eigenvalue weighted by Crippen LogP contribution is 2.22. The molecule has 84 valence electrons. The minimum absolute atomic E-state index is 0.500. The van der Waals surface area contributed by atoms with Crippen LogP contribution in [0.15, 0.2) is 23.1 Å². The number of halogens is 3. The minimum atomic E-state index is -4.07. The van der Waals surface area contributed by atoms with E-state index in [1.807, 2.05) is 0 Å². The lowest BCUT2D eigenvalue weighted by Crippen LogP contribution is -2.13. The molecule has 0 saturated heterocycles. The predicted molar refractivity (Wildman–Crippen MR) is 44.4 cm³/mol. The van der Waals surface area contributed by atoms with E-state index < -0.39 is 33.1 Å². The number of ether oxygens (including phenoxy) is 1. The summed E-state index contributed by atoms with van der Waals surface area (Å²) in [5, 5.41) is 4.71. The van der Waals surface area contributed by atoms with Crippen LogP contribution in [-0.4, -0.2) is 15.0 Å². The molecular formula is C7H6F3NO3S. The van der Waals surface area contributed by atoms with Crippen LogP contribution in [0.25, 0.3) is 0 Å². The molecule has 0 atom stereocenters. The van der Waals surface area contributed by atoms with Gasteiger partial charge in [-0.1, -0.05) is 0 Å². The van der Waals surface area contributed by atoms with Crippen LogP contribution < -0.4 is 9.88 Å². The van der Waals surface area contributed by atoms with Crippen molar-refractivity contribution in [1.82, 2.24) is 0 Å². The molecule has 0 bridgehead atoms. The Labute approximate surface area is 83.5 Å². The Hall–Kier alpha value is -1.28. The van der Waals surface area contributed by atoms with E-state index in [0.717, 1.165) is 6.07 Å². The Morgan fingerprint density at radius 3 is 2.40 bits per heavy atom. The van der Waals surface area contributed by atoms with E-state index in [1.54, 1.807) is 0 Å². The normalized spacial score (nSPS) is 11.8. The predicted octanol–water partition coefficient (Wildman–Crippen LogP) is 1.07. The molecule has 0 heterocycles. The number of primary sulfonamides is 1. The van der Waals surface area contributed by atoms with Crippen LogP contribution in [-0.2, 0) is 10.0 Å². The second kappa shape index (κ2) is 4.07. The lowest BCUT2D eigenvalue weighted by Gasteiger charge is -2.06. The van der Waals surface area contributed by atoms with Gasteiger partial charge in [0.1, 0.15) is 0 Å². The number of rotatable bonds is 3. The van der Waals surface area contributed by atoms with Gasteiger partial charge in [-0.2, -0.15) is 8.78 Å². The highest BCUT2D eigenvalue weighted by molar-refractivity contribution is 7.89.